The summed E-state index contributed by atoms with van der Waals surface area (Å²) >= 11 is 0. The monoisotopic (exact) mass is 318 g/mol. The molecule has 2 aromatic heterocycles. The van der Waals surface area contributed by atoms with Crippen LogP contribution in [0.15, 0.2) is 15.8 Å². The molecule has 0 aliphatic rings. The number of anilines is 1. The van der Waals surface area contributed by atoms with Gasteiger partial charge in [-0.05, 0) is 11.5 Å². The lowest BCUT2D eigenvalue weighted by molar-refractivity contribution is -0.118. The van der Waals surface area contributed by atoms with Gasteiger partial charge in [0.2, 0.25) is 5.91 Å². The Bertz CT molecular complexity index is 891. The van der Waals surface area contributed by atoms with E-state index in [0.717, 1.165) is 10.1 Å². The van der Waals surface area contributed by atoms with Gasteiger partial charge in [-0.15, -0.1) is 0 Å². The Balaban J connectivity index is 2.94. The molecule has 0 bridgehead atoms. The van der Waals surface area contributed by atoms with Crippen LogP contribution in [0.5, 0.6) is 0 Å². The van der Waals surface area contributed by atoms with E-state index in [1.165, 1.54) is 11.6 Å². The van der Waals surface area contributed by atoms with Crippen LogP contribution in [0.3, 0.4) is 0 Å². The maximum absolute atomic E-state index is 12.6. The van der Waals surface area contributed by atoms with Gasteiger partial charge in [-0.2, -0.15) is 0 Å². The molecule has 0 saturated heterocycles. The average molecular weight is 318 g/mol. The van der Waals surface area contributed by atoms with Crippen LogP contribution in [0.2, 0.25) is 0 Å². The Morgan fingerprint density at radius 2 is 1.74 bits per heavy atom. The summed E-state index contributed by atoms with van der Waals surface area (Å²) in [6, 6.07) is 0. The molecule has 1 amide bonds. The molecule has 0 saturated carbocycles. The van der Waals surface area contributed by atoms with E-state index in [0.29, 0.717) is 5.69 Å². The van der Waals surface area contributed by atoms with Crippen molar-refractivity contribution in [2.24, 2.45) is 20.0 Å². The van der Waals surface area contributed by atoms with Gasteiger partial charge >= 0.3 is 5.69 Å². The average Bonchev–Trinajstić information content (AvgIpc) is 2.49. The van der Waals surface area contributed by atoms with Crippen LogP contribution in [0.1, 0.15) is 39.2 Å². The summed E-state index contributed by atoms with van der Waals surface area (Å²) in [5, 5.41) is 3.10. The summed E-state index contributed by atoms with van der Waals surface area (Å²) in [7, 11) is 2.97. The first-order chi connectivity index (χ1) is 10.7. The van der Waals surface area contributed by atoms with Crippen molar-refractivity contribution in [2.75, 3.05) is 5.32 Å². The second-order valence-corrected chi connectivity index (χ2v) is 6.29. The summed E-state index contributed by atoms with van der Waals surface area (Å²) in [6.07, 6.45) is 1.61. The van der Waals surface area contributed by atoms with Gasteiger partial charge in [0.1, 0.15) is 5.39 Å². The standard InChI is InChI=1S/C16H22N4O3/c1-8(2)10-7-17-13-11(12(10)18-14(21)9(3)4)15(22)20(6)16(23)19(13)5/h7-9H,1-6H3,(H,17,18,21). The maximum atomic E-state index is 12.6. The number of pyridine rings is 1. The Hall–Kier alpha value is -2.44. The van der Waals surface area contributed by atoms with Crippen LogP contribution in [-0.2, 0) is 18.9 Å². The number of amides is 1. The number of nitrogens with one attached hydrogen (secondary N) is 1. The molecule has 0 fully saturated rings. The molecule has 23 heavy (non-hydrogen) atoms. The SMILES string of the molecule is CC(C)C(=O)Nc1c(C(C)C)cnc2c1c(=O)n(C)c(=O)n2C. The van der Waals surface area contributed by atoms with Gasteiger partial charge in [-0.3, -0.25) is 18.7 Å². The van der Waals surface area contributed by atoms with Gasteiger partial charge in [0.05, 0.1) is 5.69 Å². The van der Waals surface area contributed by atoms with Crippen molar-refractivity contribution >= 4 is 22.6 Å². The van der Waals surface area contributed by atoms with E-state index in [4.69, 9.17) is 0 Å². The van der Waals surface area contributed by atoms with E-state index >= 15 is 0 Å². The number of aromatic nitrogens is 3. The van der Waals surface area contributed by atoms with Crippen LogP contribution >= 0.6 is 0 Å². The smallest absolute Gasteiger partial charge is 0.325 e. The number of fused-ring (bicyclic) bond motifs is 1. The third-order valence-corrected chi connectivity index (χ3v) is 3.89. The highest BCUT2D eigenvalue weighted by Crippen LogP contribution is 2.28. The summed E-state index contributed by atoms with van der Waals surface area (Å²) in [6.45, 7) is 7.48. The highest BCUT2D eigenvalue weighted by atomic mass is 16.2. The van der Waals surface area contributed by atoms with E-state index in [1.807, 2.05) is 13.8 Å². The van der Waals surface area contributed by atoms with Crippen molar-refractivity contribution in [2.45, 2.75) is 33.6 Å². The Kier molecular flexibility index (Phi) is 4.40. The Labute approximate surface area is 134 Å². The minimum Gasteiger partial charge on any atom is -0.325 e. The Morgan fingerprint density at radius 3 is 2.26 bits per heavy atom. The summed E-state index contributed by atoms with van der Waals surface area (Å²) < 4.78 is 2.34. The Morgan fingerprint density at radius 1 is 1.13 bits per heavy atom. The second kappa shape index (κ2) is 5.98. The molecule has 0 aromatic carbocycles. The predicted molar refractivity (Wildman–Crippen MR) is 89.8 cm³/mol. The lowest BCUT2D eigenvalue weighted by atomic mass is 10.0. The van der Waals surface area contributed by atoms with Gasteiger partial charge in [0, 0.05) is 26.2 Å². The molecule has 7 nitrogen and oxygen atoms in total. The molecule has 0 spiro atoms. The van der Waals surface area contributed by atoms with Crippen LogP contribution < -0.4 is 16.6 Å². The van der Waals surface area contributed by atoms with Crippen molar-refractivity contribution in [3.05, 3.63) is 32.6 Å². The zero-order chi connectivity index (χ0) is 17.5. The molecule has 0 aliphatic heterocycles. The second-order valence-electron chi connectivity index (χ2n) is 6.29. The molecule has 7 heteroatoms. The molecule has 1 N–H and O–H groups in total. The van der Waals surface area contributed by atoms with E-state index < -0.39 is 11.2 Å². The number of nitrogens with zero attached hydrogens (tertiary/aromatic N) is 3. The van der Waals surface area contributed by atoms with Gasteiger partial charge in [0.25, 0.3) is 5.56 Å². The van der Waals surface area contributed by atoms with Gasteiger partial charge in [-0.25, -0.2) is 9.78 Å². The molecular formula is C16H22N4O3. The van der Waals surface area contributed by atoms with Crippen LogP contribution in [-0.4, -0.2) is 20.0 Å². The lowest BCUT2D eigenvalue weighted by Gasteiger charge is -2.18. The normalized spacial score (nSPS) is 11.5. The lowest BCUT2D eigenvalue weighted by Crippen LogP contribution is -2.38. The van der Waals surface area contributed by atoms with Gasteiger partial charge < -0.3 is 5.32 Å². The van der Waals surface area contributed by atoms with Crippen molar-refractivity contribution in [3.8, 4) is 0 Å². The van der Waals surface area contributed by atoms with E-state index in [-0.39, 0.29) is 28.8 Å². The topological polar surface area (TPSA) is 86.0 Å². The highest BCUT2D eigenvalue weighted by Gasteiger charge is 2.21. The number of hydrogen-bond acceptors (Lipinski definition) is 4. The quantitative estimate of drug-likeness (QED) is 0.925. The van der Waals surface area contributed by atoms with E-state index in [9.17, 15) is 14.4 Å². The van der Waals surface area contributed by atoms with Crippen molar-refractivity contribution in [1.82, 2.24) is 14.1 Å². The molecule has 2 aromatic rings. The predicted octanol–water partition coefficient (Wildman–Crippen LogP) is 1.35. The molecule has 2 heterocycles. The number of rotatable bonds is 3. The van der Waals surface area contributed by atoms with E-state index in [1.54, 1.807) is 27.1 Å². The summed E-state index contributed by atoms with van der Waals surface area (Å²) in [5.41, 5.74) is 0.564. The fourth-order valence-electron chi connectivity index (χ4n) is 2.38. The van der Waals surface area contributed by atoms with E-state index in [2.05, 4.69) is 10.3 Å². The summed E-state index contributed by atoms with van der Waals surface area (Å²) in [5.74, 6) is -0.346. The van der Waals surface area contributed by atoms with Gasteiger partial charge in [0.15, 0.2) is 5.65 Å². The van der Waals surface area contributed by atoms with Crippen molar-refractivity contribution in [1.29, 1.82) is 0 Å². The first kappa shape index (κ1) is 16.9. The maximum Gasteiger partial charge on any atom is 0.332 e. The zero-order valence-electron chi connectivity index (χ0n) is 14.3. The molecule has 124 valence electrons. The van der Waals surface area contributed by atoms with Gasteiger partial charge in [-0.1, -0.05) is 27.7 Å². The molecule has 2 rings (SSSR count). The third kappa shape index (κ3) is 2.78. The van der Waals surface area contributed by atoms with Crippen LogP contribution in [0.25, 0.3) is 11.0 Å². The van der Waals surface area contributed by atoms with Crippen molar-refractivity contribution in [3.63, 3.8) is 0 Å². The first-order valence-corrected chi connectivity index (χ1v) is 7.56. The van der Waals surface area contributed by atoms with Crippen molar-refractivity contribution < 1.29 is 4.79 Å². The summed E-state index contributed by atoms with van der Waals surface area (Å²) in [4.78, 5) is 41.1. The fourth-order valence-corrected chi connectivity index (χ4v) is 2.38. The molecular weight excluding hydrogens is 296 g/mol. The number of hydrogen-bond donors (Lipinski definition) is 1. The van der Waals surface area contributed by atoms with Crippen LogP contribution in [0.4, 0.5) is 5.69 Å². The largest absolute Gasteiger partial charge is 0.332 e. The molecule has 0 aliphatic carbocycles. The minimum atomic E-state index is -0.461. The molecule has 0 unspecified atom stereocenters. The highest BCUT2D eigenvalue weighted by molar-refractivity contribution is 6.01. The number of carbonyl (C=O) groups excluding carboxylic acids is 1. The number of aryl methyl sites for hydroxylation is 1. The third-order valence-electron chi connectivity index (χ3n) is 3.89. The zero-order valence-corrected chi connectivity index (χ0v) is 14.3. The minimum absolute atomic E-state index is 0.0660. The van der Waals surface area contributed by atoms with Crippen LogP contribution in [0, 0.1) is 5.92 Å². The first-order valence-electron chi connectivity index (χ1n) is 7.56. The fraction of sp³-hybridized carbons (Fsp3) is 0.500. The number of carbonyl (C=O) groups is 1. The molecule has 0 radical (unpaired) electrons. The molecule has 0 atom stereocenters.